The molecular formula is C8H9NO. The van der Waals surface area contributed by atoms with Crippen LogP contribution < -0.4 is 0 Å². The minimum atomic E-state index is -0.116. The topological polar surface area (TPSA) is 40.9 Å². The van der Waals surface area contributed by atoms with Gasteiger partial charge in [0, 0.05) is 0 Å². The fourth-order valence-electron chi connectivity index (χ4n) is 0.732. The van der Waals surface area contributed by atoms with Gasteiger partial charge in [-0.1, -0.05) is 6.08 Å². The third-order valence-electron chi connectivity index (χ3n) is 1.52. The Kier molecular flexibility index (Phi) is 1.86. The summed E-state index contributed by atoms with van der Waals surface area (Å²) in [5, 5.41) is 8.43. The smallest absolute Gasteiger partial charge is 0.169 e. The first-order valence-electron chi connectivity index (χ1n) is 3.37. The van der Waals surface area contributed by atoms with Crippen molar-refractivity contribution >= 4 is 5.78 Å². The van der Waals surface area contributed by atoms with Crippen molar-refractivity contribution in [2.45, 2.75) is 19.8 Å². The number of hydrogen-bond donors (Lipinski definition) is 0. The number of hydrogen-bond acceptors (Lipinski definition) is 2. The molecule has 2 nitrogen and oxygen atoms in total. The van der Waals surface area contributed by atoms with Crippen molar-refractivity contribution in [3.05, 3.63) is 11.6 Å². The van der Waals surface area contributed by atoms with Gasteiger partial charge in [-0.15, -0.1) is 0 Å². The first-order chi connectivity index (χ1) is 4.74. The van der Waals surface area contributed by atoms with Crippen LogP contribution in [0.1, 0.15) is 19.8 Å². The molecular weight excluding hydrogens is 126 g/mol. The Labute approximate surface area is 60.2 Å². The number of nitriles is 1. The molecule has 10 heavy (non-hydrogen) atoms. The molecule has 0 unspecified atom stereocenters. The Bertz CT molecular complexity index is 218. The first-order valence-corrected chi connectivity index (χ1v) is 3.37. The molecule has 0 bridgehead atoms. The Hall–Kier alpha value is -1.10. The third kappa shape index (κ3) is 1.70. The van der Waals surface area contributed by atoms with Crippen LogP contribution in [-0.4, -0.2) is 5.78 Å². The van der Waals surface area contributed by atoms with E-state index in [0.717, 1.165) is 12.8 Å². The van der Waals surface area contributed by atoms with Gasteiger partial charge >= 0.3 is 0 Å². The van der Waals surface area contributed by atoms with Crippen LogP contribution in [0.25, 0.3) is 0 Å². The summed E-state index contributed by atoms with van der Waals surface area (Å²) in [7, 11) is 0. The lowest BCUT2D eigenvalue weighted by Gasteiger charge is -1.86. The van der Waals surface area contributed by atoms with Gasteiger partial charge in [0.25, 0.3) is 0 Å². The molecule has 0 spiro atoms. The van der Waals surface area contributed by atoms with Crippen molar-refractivity contribution in [2.24, 2.45) is 5.92 Å². The van der Waals surface area contributed by atoms with E-state index in [4.69, 9.17) is 5.26 Å². The van der Waals surface area contributed by atoms with Crippen LogP contribution in [0.5, 0.6) is 0 Å². The molecule has 1 aliphatic rings. The zero-order valence-corrected chi connectivity index (χ0v) is 5.92. The summed E-state index contributed by atoms with van der Waals surface area (Å²) in [4.78, 5) is 10.6. The molecule has 0 aromatic carbocycles. The molecule has 52 valence electrons. The molecule has 1 saturated carbocycles. The predicted octanol–water partition coefficient (Wildman–Crippen LogP) is 1.44. The molecule has 2 heteroatoms. The summed E-state index contributed by atoms with van der Waals surface area (Å²) >= 11 is 0. The van der Waals surface area contributed by atoms with Gasteiger partial charge in [-0.05, 0) is 25.7 Å². The zero-order valence-electron chi connectivity index (χ0n) is 5.92. The quantitative estimate of drug-likeness (QED) is 0.424. The molecule has 0 N–H and O–H groups in total. The molecule has 1 rings (SSSR count). The monoisotopic (exact) mass is 135 g/mol. The molecule has 1 fully saturated rings. The minimum Gasteiger partial charge on any atom is -0.294 e. The van der Waals surface area contributed by atoms with Gasteiger partial charge in [-0.3, -0.25) is 4.79 Å². The number of nitrogens with zero attached hydrogens (tertiary/aromatic N) is 1. The SMILES string of the molecule is CC(=O)C(C#N)=CC1CC1. The molecule has 0 amide bonds. The molecule has 0 saturated heterocycles. The summed E-state index contributed by atoms with van der Waals surface area (Å²) in [5.41, 5.74) is 0.322. The minimum absolute atomic E-state index is 0.116. The number of Topliss-reactive ketones (excluding diaryl/α,β-unsaturated/α-hetero) is 1. The maximum absolute atomic E-state index is 10.6. The molecule has 0 radical (unpaired) electrons. The van der Waals surface area contributed by atoms with Gasteiger partial charge in [-0.25, -0.2) is 0 Å². The van der Waals surface area contributed by atoms with Gasteiger partial charge in [0.2, 0.25) is 0 Å². The van der Waals surface area contributed by atoms with Crippen molar-refractivity contribution in [2.75, 3.05) is 0 Å². The van der Waals surface area contributed by atoms with E-state index < -0.39 is 0 Å². The summed E-state index contributed by atoms with van der Waals surface area (Å²) in [6.45, 7) is 1.43. The number of carbonyl (C=O) groups is 1. The Morgan fingerprint density at radius 3 is 2.60 bits per heavy atom. The third-order valence-corrected chi connectivity index (χ3v) is 1.52. The first kappa shape index (κ1) is 7.01. The normalized spacial score (nSPS) is 18.2. The van der Waals surface area contributed by atoms with E-state index in [1.807, 2.05) is 6.07 Å². The average Bonchev–Trinajstić information content (AvgIpc) is 2.64. The highest BCUT2D eigenvalue weighted by atomic mass is 16.1. The summed E-state index contributed by atoms with van der Waals surface area (Å²) in [5.74, 6) is 0.396. The number of allylic oxidation sites excluding steroid dienone is 2. The van der Waals surface area contributed by atoms with Gasteiger partial charge in [0.15, 0.2) is 5.78 Å². The van der Waals surface area contributed by atoms with Gasteiger partial charge in [0.1, 0.15) is 6.07 Å². The molecule has 0 heterocycles. The highest BCUT2D eigenvalue weighted by Crippen LogP contribution is 2.31. The number of rotatable bonds is 2. The zero-order chi connectivity index (χ0) is 7.56. The molecule has 0 atom stereocenters. The highest BCUT2D eigenvalue weighted by molar-refractivity contribution is 5.97. The summed E-state index contributed by atoms with van der Waals surface area (Å²) in [6.07, 6.45) is 4.05. The van der Waals surface area contributed by atoms with Crippen LogP contribution in [0.15, 0.2) is 11.6 Å². The Morgan fingerprint density at radius 2 is 2.30 bits per heavy atom. The van der Waals surface area contributed by atoms with Crippen molar-refractivity contribution in [3.63, 3.8) is 0 Å². The molecule has 1 aliphatic carbocycles. The van der Waals surface area contributed by atoms with Crippen LogP contribution in [0.3, 0.4) is 0 Å². The largest absolute Gasteiger partial charge is 0.294 e. The van der Waals surface area contributed by atoms with Crippen LogP contribution in [0, 0.1) is 17.2 Å². The van der Waals surface area contributed by atoms with E-state index in [1.54, 1.807) is 6.08 Å². The van der Waals surface area contributed by atoms with E-state index in [-0.39, 0.29) is 5.78 Å². The lowest BCUT2D eigenvalue weighted by molar-refractivity contribution is -0.113. The van der Waals surface area contributed by atoms with Crippen LogP contribution in [-0.2, 0) is 4.79 Å². The second kappa shape index (κ2) is 2.66. The maximum Gasteiger partial charge on any atom is 0.169 e. The van der Waals surface area contributed by atoms with Crippen molar-refractivity contribution in [3.8, 4) is 6.07 Å². The van der Waals surface area contributed by atoms with E-state index >= 15 is 0 Å². The second-order valence-electron chi connectivity index (χ2n) is 2.59. The standard InChI is InChI=1S/C8H9NO/c1-6(10)8(5-9)4-7-2-3-7/h4,7H,2-3H2,1H3. The lowest BCUT2D eigenvalue weighted by Crippen LogP contribution is -1.93. The number of carbonyl (C=O) groups excluding carboxylic acids is 1. The fraction of sp³-hybridized carbons (Fsp3) is 0.500. The molecule has 0 aliphatic heterocycles. The van der Waals surface area contributed by atoms with Crippen molar-refractivity contribution in [1.82, 2.24) is 0 Å². The Balaban J connectivity index is 2.64. The van der Waals surface area contributed by atoms with E-state index in [9.17, 15) is 4.79 Å². The highest BCUT2D eigenvalue weighted by Gasteiger charge is 2.20. The number of ketones is 1. The van der Waals surface area contributed by atoms with E-state index in [0.29, 0.717) is 11.5 Å². The van der Waals surface area contributed by atoms with E-state index in [1.165, 1.54) is 6.92 Å². The van der Waals surface area contributed by atoms with Crippen LogP contribution in [0.2, 0.25) is 0 Å². The van der Waals surface area contributed by atoms with Gasteiger partial charge < -0.3 is 0 Å². The average molecular weight is 135 g/mol. The summed E-state index contributed by atoms with van der Waals surface area (Å²) < 4.78 is 0. The van der Waals surface area contributed by atoms with Crippen molar-refractivity contribution in [1.29, 1.82) is 5.26 Å². The van der Waals surface area contributed by atoms with Crippen LogP contribution in [0.4, 0.5) is 0 Å². The molecule has 0 aromatic heterocycles. The van der Waals surface area contributed by atoms with Gasteiger partial charge in [-0.2, -0.15) is 5.26 Å². The maximum atomic E-state index is 10.6. The van der Waals surface area contributed by atoms with Gasteiger partial charge in [0.05, 0.1) is 5.57 Å². The lowest BCUT2D eigenvalue weighted by atomic mass is 10.1. The fourth-order valence-corrected chi connectivity index (χ4v) is 0.732. The Morgan fingerprint density at radius 1 is 1.70 bits per heavy atom. The van der Waals surface area contributed by atoms with E-state index in [2.05, 4.69) is 0 Å². The second-order valence-corrected chi connectivity index (χ2v) is 2.59. The molecule has 0 aromatic rings. The predicted molar refractivity (Wildman–Crippen MR) is 37.1 cm³/mol. The summed E-state index contributed by atoms with van der Waals surface area (Å²) in [6, 6.07) is 1.88. The van der Waals surface area contributed by atoms with Crippen molar-refractivity contribution < 1.29 is 4.79 Å². The van der Waals surface area contributed by atoms with Crippen LogP contribution >= 0.6 is 0 Å².